The Balaban J connectivity index is 1.57. The van der Waals surface area contributed by atoms with Crippen LogP contribution in [0.25, 0.3) is 0 Å². The lowest BCUT2D eigenvalue weighted by Crippen LogP contribution is -2.32. The van der Waals surface area contributed by atoms with Crippen LogP contribution >= 0.6 is 0 Å². The Morgan fingerprint density at radius 3 is 2.42 bits per heavy atom. The van der Waals surface area contributed by atoms with E-state index in [9.17, 15) is 0 Å². The van der Waals surface area contributed by atoms with Crippen LogP contribution < -0.4 is 5.32 Å². The Bertz CT molecular complexity index is 249. The largest absolute Gasteiger partial charge is 0.376 e. The average molecular weight is 269 g/mol. The quantitative estimate of drug-likeness (QED) is 0.803. The van der Waals surface area contributed by atoms with E-state index in [0.29, 0.717) is 24.4 Å². The Labute approximate surface area is 118 Å². The first kappa shape index (κ1) is 15.3. The normalized spacial score (nSPS) is 36.0. The predicted molar refractivity (Wildman–Crippen MR) is 78.4 cm³/mol. The third-order valence-electron chi connectivity index (χ3n) is 4.43. The molecule has 2 fully saturated rings. The van der Waals surface area contributed by atoms with Crippen LogP contribution in [0.3, 0.4) is 0 Å². The van der Waals surface area contributed by atoms with Crippen molar-refractivity contribution >= 4 is 0 Å². The molecule has 112 valence electrons. The second kappa shape index (κ2) is 7.61. The summed E-state index contributed by atoms with van der Waals surface area (Å²) in [7, 11) is 0. The topological polar surface area (TPSA) is 30.5 Å². The first-order valence-corrected chi connectivity index (χ1v) is 8.14. The fraction of sp³-hybridized carbons (Fsp3) is 1.00. The monoisotopic (exact) mass is 269 g/mol. The highest BCUT2D eigenvalue weighted by atomic mass is 16.5. The van der Waals surface area contributed by atoms with Crippen molar-refractivity contribution in [2.45, 2.75) is 83.6 Å². The number of hydrogen-bond donors (Lipinski definition) is 1. The first-order valence-electron chi connectivity index (χ1n) is 8.14. The lowest BCUT2D eigenvalue weighted by atomic mass is 9.89. The van der Waals surface area contributed by atoms with E-state index in [0.717, 1.165) is 25.5 Å². The zero-order valence-electron chi connectivity index (χ0n) is 12.9. The van der Waals surface area contributed by atoms with E-state index >= 15 is 0 Å². The predicted octanol–water partition coefficient (Wildman–Crippen LogP) is 3.13. The molecule has 2 rings (SSSR count). The molecule has 1 N–H and O–H groups in total. The van der Waals surface area contributed by atoms with Gasteiger partial charge in [0.1, 0.15) is 0 Å². The SMILES string of the molecule is CC1CCC(OCC2CCC(CNC(C)C)O2)CC1. The van der Waals surface area contributed by atoms with Crippen molar-refractivity contribution in [1.82, 2.24) is 5.32 Å². The number of hydrogen-bond acceptors (Lipinski definition) is 3. The van der Waals surface area contributed by atoms with Gasteiger partial charge >= 0.3 is 0 Å². The van der Waals surface area contributed by atoms with Gasteiger partial charge in [0.15, 0.2) is 0 Å². The molecule has 1 aliphatic heterocycles. The summed E-state index contributed by atoms with van der Waals surface area (Å²) in [5.41, 5.74) is 0. The summed E-state index contributed by atoms with van der Waals surface area (Å²) in [6.45, 7) is 8.49. The Kier molecular flexibility index (Phi) is 6.11. The summed E-state index contributed by atoms with van der Waals surface area (Å²) in [4.78, 5) is 0. The second-order valence-corrected chi connectivity index (χ2v) is 6.74. The number of nitrogens with one attached hydrogen (secondary N) is 1. The average Bonchev–Trinajstić information content (AvgIpc) is 2.84. The maximum absolute atomic E-state index is 6.04. The van der Waals surface area contributed by atoms with Crippen LogP contribution in [0.15, 0.2) is 0 Å². The molecule has 0 aromatic carbocycles. The van der Waals surface area contributed by atoms with E-state index in [2.05, 4.69) is 26.1 Å². The molecule has 19 heavy (non-hydrogen) atoms. The van der Waals surface area contributed by atoms with Gasteiger partial charge in [-0.15, -0.1) is 0 Å². The summed E-state index contributed by atoms with van der Waals surface area (Å²) in [6, 6.07) is 0.545. The molecule has 0 bridgehead atoms. The van der Waals surface area contributed by atoms with Gasteiger partial charge in [0.2, 0.25) is 0 Å². The molecule has 1 saturated carbocycles. The zero-order valence-corrected chi connectivity index (χ0v) is 12.9. The Hall–Kier alpha value is -0.120. The van der Waals surface area contributed by atoms with E-state index in [1.807, 2.05) is 0 Å². The van der Waals surface area contributed by atoms with E-state index in [1.165, 1.54) is 32.1 Å². The van der Waals surface area contributed by atoms with Crippen LogP contribution in [0.1, 0.15) is 59.3 Å². The fourth-order valence-electron chi connectivity index (χ4n) is 3.06. The molecule has 1 aliphatic carbocycles. The van der Waals surface area contributed by atoms with Crippen LogP contribution in [0, 0.1) is 5.92 Å². The van der Waals surface area contributed by atoms with Gasteiger partial charge < -0.3 is 14.8 Å². The molecule has 2 unspecified atom stereocenters. The third kappa shape index (κ3) is 5.41. The summed E-state index contributed by atoms with van der Waals surface area (Å²) in [6.07, 6.45) is 8.70. The lowest BCUT2D eigenvalue weighted by molar-refractivity contribution is -0.0530. The van der Waals surface area contributed by atoms with Crippen molar-refractivity contribution in [1.29, 1.82) is 0 Å². The van der Waals surface area contributed by atoms with Crippen molar-refractivity contribution in [3.05, 3.63) is 0 Å². The molecule has 0 aromatic heterocycles. The minimum absolute atomic E-state index is 0.332. The van der Waals surface area contributed by atoms with E-state index in [4.69, 9.17) is 9.47 Å². The Morgan fingerprint density at radius 2 is 1.74 bits per heavy atom. The Morgan fingerprint density at radius 1 is 1.05 bits per heavy atom. The molecule has 0 aromatic rings. The van der Waals surface area contributed by atoms with Gasteiger partial charge in [-0.3, -0.25) is 0 Å². The molecule has 3 heteroatoms. The molecule has 0 amide bonds. The van der Waals surface area contributed by atoms with E-state index < -0.39 is 0 Å². The molecule has 1 saturated heterocycles. The minimum Gasteiger partial charge on any atom is -0.376 e. The van der Waals surface area contributed by atoms with Gasteiger partial charge in [-0.25, -0.2) is 0 Å². The van der Waals surface area contributed by atoms with Gasteiger partial charge in [-0.05, 0) is 44.4 Å². The smallest absolute Gasteiger partial charge is 0.0814 e. The maximum atomic E-state index is 6.04. The number of rotatable bonds is 6. The highest BCUT2D eigenvalue weighted by Crippen LogP contribution is 2.27. The summed E-state index contributed by atoms with van der Waals surface area (Å²) < 4.78 is 12.1. The molecule has 0 spiro atoms. The molecular formula is C16H31NO2. The third-order valence-corrected chi connectivity index (χ3v) is 4.43. The fourth-order valence-corrected chi connectivity index (χ4v) is 3.06. The van der Waals surface area contributed by atoms with Crippen LogP contribution in [0.2, 0.25) is 0 Å². The van der Waals surface area contributed by atoms with E-state index in [-0.39, 0.29) is 0 Å². The molecule has 0 radical (unpaired) electrons. The van der Waals surface area contributed by atoms with Crippen molar-refractivity contribution in [3.63, 3.8) is 0 Å². The van der Waals surface area contributed by atoms with Gasteiger partial charge in [0.05, 0.1) is 24.9 Å². The first-order chi connectivity index (χ1) is 9.13. The van der Waals surface area contributed by atoms with Crippen LogP contribution in [0.4, 0.5) is 0 Å². The van der Waals surface area contributed by atoms with Crippen molar-refractivity contribution in [2.24, 2.45) is 5.92 Å². The second-order valence-electron chi connectivity index (χ2n) is 6.74. The lowest BCUT2D eigenvalue weighted by Gasteiger charge is -2.27. The van der Waals surface area contributed by atoms with Gasteiger partial charge in [-0.1, -0.05) is 20.8 Å². The molecule has 2 atom stereocenters. The summed E-state index contributed by atoms with van der Waals surface area (Å²) in [5.74, 6) is 0.897. The molecule has 1 heterocycles. The van der Waals surface area contributed by atoms with Crippen LogP contribution in [0.5, 0.6) is 0 Å². The zero-order chi connectivity index (χ0) is 13.7. The minimum atomic E-state index is 0.332. The number of ether oxygens (including phenoxy) is 2. The maximum Gasteiger partial charge on any atom is 0.0814 e. The van der Waals surface area contributed by atoms with Crippen LogP contribution in [-0.4, -0.2) is 37.5 Å². The van der Waals surface area contributed by atoms with Gasteiger partial charge in [-0.2, -0.15) is 0 Å². The van der Waals surface area contributed by atoms with Crippen molar-refractivity contribution in [2.75, 3.05) is 13.2 Å². The molecular weight excluding hydrogens is 238 g/mol. The van der Waals surface area contributed by atoms with Gasteiger partial charge in [0.25, 0.3) is 0 Å². The van der Waals surface area contributed by atoms with E-state index in [1.54, 1.807) is 0 Å². The molecule has 3 nitrogen and oxygen atoms in total. The van der Waals surface area contributed by atoms with Gasteiger partial charge in [0, 0.05) is 12.6 Å². The highest BCUT2D eigenvalue weighted by Gasteiger charge is 2.27. The highest BCUT2D eigenvalue weighted by molar-refractivity contribution is 4.77. The van der Waals surface area contributed by atoms with Crippen molar-refractivity contribution in [3.8, 4) is 0 Å². The van der Waals surface area contributed by atoms with Crippen molar-refractivity contribution < 1.29 is 9.47 Å². The van der Waals surface area contributed by atoms with Crippen LogP contribution in [-0.2, 0) is 9.47 Å². The standard InChI is InChI=1S/C16H31NO2/c1-12(2)17-10-15-8-9-16(19-15)11-18-14-6-4-13(3)5-7-14/h12-17H,4-11H2,1-3H3. The summed E-state index contributed by atoms with van der Waals surface area (Å²) in [5, 5.41) is 3.45. The molecule has 2 aliphatic rings. The summed E-state index contributed by atoms with van der Waals surface area (Å²) >= 11 is 0.